The first-order valence-electron chi connectivity index (χ1n) is 8.92. The fourth-order valence-electron chi connectivity index (χ4n) is 2.73. The van der Waals surface area contributed by atoms with Crippen molar-refractivity contribution in [1.82, 2.24) is 19.7 Å². The van der Waals surface area contributed by atoms with Gasteiger partial charge in [-0.2, -0.15) is 10.4 Å². The number of nitriles is 1. The zero-order valence-corrected chi connectivity index (χ0v) is 15.9. The highest BCUT2D eigenvalue weighted by Gasteiger charge is 2.11. The Kier molecular flexibility index (Phi) is 6.16. The second-order valence-electron chi connectivity index (χ2n) is 6.62. The Bertz CT molecular complexity index is 1050. The molecule has 3 aromatic rings. The second kappa shape index (κ2) is 8.94. The molecule has 3 rings (SSSR count). The van der Waals surface area contributed by atoms with Crippen LogP contribution in [-0.4, -0.2) is 40.3 Å². The molecule has 2 heterocycles. The first-order chi connectivity index (χ1) is 13.5. The minimum atomic E-state index is -0.472. The van der Waals surface area contributed by atoms with E-state index in [-0.39, 0.29) is 5.56 Å². The third kappa shape index (κ3) is 5.03. The summed E-state index contributed by atoms with van der Waals surface area (Å²) < 4.78 is 15.4. The van der Waals surface area contributed by atoms with Gasteiger partial charge in [-0.05, 0) is 69.7 Å². The van der Waals surface area contributed by atoms with Gasteiger partial charge in [0.2, 0.25) is 0 Å². The maximum Gasteiger partial charge on any atom is 0.126 e. The van der Waals surface area contributed by atoms with Gasteiger partial charge in [-0.3, -0.25) is 0 Å². The number of nitrogens with zero attached hydrogens (tertiary/aromatic N) is 5. The van der Waals surface area contributed by atoms with Gasteiger partial charge in [0.25, 0.3) is 0 Å². The Morgan fingerprint density at radius 1 is 1.18 bits per heavy atom. The number of hydrogen-bond acceptors (Lipinski definition) is 4. The Morgan fingerprint density at radius 3 is 2.75 bits per heavy atom. The van der Waals surface area contributed by atoms with Gasteiger partial charge in [-0.25, -0.2) is 14.1 Å². The zero-order valence-electron chi connectivity index (χ0n) is 15.9. The molecule has 0 unspecified atom stereocenters. The van der Waals surface area contributed by atoms with Crippen LogP contribution in [0.4, 0.5) is 4.39 Å². The van der Waals surface area contributed by atoms with Crippen molar-refractivity contribution < 1.29 is 4.39 Å². The molecule has 0 amide bonds. The molecule has 140 valence electrons. The number of aromatic nitrogens is 3. The van der Waals surface area contributed by atoms with Crippen LogP contribution in [0.2, 0.25) is 0 Å². The molecule has 5 nitrogen and oxygen atoms in total. The van der Waals surface area contributed by atoms with Crippen LogP contribution in [0.25, 0.3) is 5.69 Å². The van der Waals surface area contributed by atoms with Crippen molar-refractivity contribution in [2.45, 2.75) is 12.8 Å². The van der Waals surface area contributed by atoms with Gasteiger partial charge in [-0.15, -0.1) is 0 Å². The summed E-state index contributed by atoms with van der Waals surface area (Å²) >= 11 is 0. The molecule has 0 saturated heterocycles. The fourth-order valence-corrected chi connectivity index (χ4v) is 2.73. The standard InChI is InChI=1S/C22H20FN5/c1-27(2)11-5-7-22-18(8-9-20-6-3-4-10-25-20)16-28(26-22)21-13-17(15-24)12-19(23)14-21/h3-4,6,10,12-14,16H,5,7,11H2,1-2H3. The average Bonchev–Trinajstić information content (AvgIpc) is 3.09. The molecule has 0 fully saturated rings. The lowest BCUT2D eigenvalue weighted by atomic mass is 10.1. The monoisotopic (exact) mass is 373 g/mol. The number of pyridine rings is 1. The molecular weight excluding hydrogens is 353 g/mol. The number of hydrogen-bond donors (Lipinski definition) is 0. The molecule has 0 aliphatic carbocycles. The molecule has 0 atom stereocenters. The van der Waals surface area contributed by atoms with Gasteiger partial charge in [0.05, 0.1) is 28.6 Å². The van der Waals surface area contributed by atoms with Crippen LogP contribution in [0.1, 0.15) is 28.9 Å². The maximum atomic E-state index is 13.8. The molecule has 0 spiro atoms. The van der Waals surface area contributed by atoms with Crippen LogP contribution in [0.5, 0.6) is 0 Å². The smallest absolute Gasteiger partial charge is 0.126 e. The van der Waals surface area contributed by atoms with Crippen molar-refractivity contribution in [1.29, 1.82) is 5.26 Å². The van der Waals surface area contributed by atoms with Crippen LogP contribution >= 0.6 is 0 Å². The van der Waals surface area contributed by atoms with Crippen LogP contribution in [0, 0.1) is 29.0 Å². The van der Waals surface area contributed by atoms with Gasteiger partial charge in [0.15, 0.2) is 0 Å². The summed E-state index contributed by atoms with van der Waals surface area (Å²) in [7, 11) is 4.05. The number of halogens is 1. The van der Waals surface area contributed by atoms with E-state index in [2.05, 4.69) is 26.8 Å². The quantitative estimate of drug-likeness (QED) is 0.645. The highest BCUT2D eigenvalue weighted by molar-refractivity contribution is 5.46. The fraction of sp³-hybridized carbons (Fsp3) is 0.227. The molecule has 0 N–H and O–H groups in total. The first kappa shape index (κ1) is 19.3. The SMILES string of the molecule is CN(C)CCCc1nn(-c2cc(F)cc(C#N)c2)cc1C#Cc1ccccn1. The molecule has 0 aliphatic heterocycles. The van der Waals surface area contributed by atoms with Crippen molar-refractivity contribution in [2.24, 2.45) is 0 Å². The first-order valence-corrected chi connectivity index (χ1v) is 8.92. The van der Waals surface area contributed by atoms with E-state index >= 15 is 0 Å². The summed E-state index contributed by atoms with van der Waals surface area (Å²) in [4.78, 5) is 6.33. The van der Waals surface area contributed by atoms with Crippen molar-refractivity contribution >= 4 is 0 Å². The third-order valence-corrected chi connectivity index (χ3v) is 4.08. The lowest BCUT2D eigenvalue weighted by molar-refractivity contribution is 0.399. The molecule has 0 radical (unpaired) electrons. The molecule has 0 bridgehead atoms. The molecular formula is C22H20FN5. The van der Waals surface area contributed by atoms with Gasteiger partial charge >= 0.3 is 0 Å². The van der Waals surface area contributed by atoms with E-state index in [1.165, 1.54) is 12.1 Å². The highest BCUT2D eigenvalue weighted by Crippen LogP contribution is 2.17. The largest absolute Gasteiger partial charge is 0.309 e. The van der Waals surface area contributed by atoms with Crippen LogP contribution in [0.3, 0.4) is 0 Å². The molecule has 6 heteroatoms. The van der Waals surface area contributed by atoms with Crippen molar-refractivity contribution in [3.05, 3.63) is 77.1 Å². The predicted molar refractivity (Wildman–Crippen MR) is 105 cm³/mol. The van der Waals surface area contributed by atoms with E-state index < -0.39 is 5.82 Å². The number of benzene rings is 1. The Balaban J connectivity index is 1.96. The molecule has 2 aromatic heterocycles. The highest BCUT2D eigenvalue weighted by atomic mass is 19.1. The molecule has 1 aromatic carbocycles. The van der Waals surface area contributed by atoms with Crippen molar-refractivity contribution in [3.63, 3.8) is 0 Å². The molecule has 0 saturated carbocycles. The lowest BCUT2D eigenvalue weighted by Crippen LogP contribution is -2.13. The summed E-state index contributed by atoms with van der Waals surface area (Å²) in [5.41, 5.74) is 3.03. The summed E-state index contributed by atoms with van der Waals surface area (Å²) in [6.07, 6.45) is 5.14. The number of rotatable bonds is 5. The van der Waals surface area contributed by atoms with E-state index in [9.17, 15) is 4.39 Å². The second-order valence-corrected chi connectivity index (χ2v) is 6.62. The normalized spacial score (nSPS) is 10.4. The summed E-state index contributed by atoms with van der Waals surface area (Å²) in [6, 6.07) is 11.7. The van der Waals surface area contributed by atoms with Gasteiger partial charge < -0.3 is 4.90 Å². The van der Waals surface area contributed by atoms with E-state index in [4.69, 9.17) is 5.26 Å². The molecule has 28 heavy (non-hydrogen) atoms. The zero-order chi connectivity index (χ0) is 19.9. The molecule has 0 aliphatic rings. The predicted octanol–water partition coefficient (Wildman–Crippen LogP) is 3.17. The van der Waals surface area contributed by atoms with Gasteiger partial charge in [-0.1, -0.05) is 12.0 Å². The topological polar surface area (TPSA) is 57.7 Å². The maximum absolute atomic E-state index is 13.8. The summed E-state index contributed by atoms with van der Waals surface area (Å²) in [5, 5.41) is 13.7. The van der Waals surface area contributed by atoms with E-state index in [1.807, 2.05) is 38.4 Å². The van der Waals surface area contributed by atoms with Crippen molar-refractivity contribution in [3.8, 4) is 23.6 Å². The third-order valence-electron chi connectivity index (χ3n) is 4.08. The summed E-state index contributed by atoms with van der Waals surface area (Å²) in [5.74, 6) is 5.71. The van der Waals surface area contributed by atoms with Crippen molar-refractivity contribution in [2.75, 3.05) is 20.6 Å². The Hall–Kier alpha value is -3.48. The van der Waals surface area contributed by atoms with Crippen LogP contribution in [0.15, 0.2) is 48.8 Å². The Morgan fingerprint density at radius 2 is 2.04 bits per heavy atom. The van der Waals surface area contributed by atoms with E-state index in [0.29, 0.717) is 11.4 Å². The minimum Gasteiger partial charge on any atom is -0.309 e. The Labute approximate surface area is 164 Å². The van der Waals surface area contributed by atoms with Crippen LogP contribution in [-0.2, 0) is 6.42 Å². The van der Waals surface area contributed by atoms with Gasteiger partial charge in [0, 0.05) is 12.4 Å². The van der Waals surface area contributed by atoms with E-state index in [0.717, 1.165) is 30.6 Å². The average molecular weight is 373 g/mol. The van der Waals surface area contributed by atoms with E-state index in [1.54, 1.807) is 23.1 Å². The van der Waals surface area contributed by atoms with Crippen LogP contribution < -0.4 is 0 Å². The minimum absolute atomic E-state index is 0.251. The summed E-state index contributed by atoms with van der Waals surface area (Å²) in [6.45, 7) is 0.929. The lowest BCUT2D eigenvalue weighted by Gasteiger charge is -2.07. The van der Waals surface area contributed by atoms with Gasteiger partial charge in [0.1, 0.15) is 11.5 Å². The number of aryl methyl sites for hydroxylation is 1.